The highest BCUT2D eigenvalue weighted by molar-refractivity contribution is 6.36. The first-order valence-corrected chi connectivity index (χ1v) is 8.43. The van der Waals surface area contributed by atoms with Crippen LogP contribution in [-0.2, 0) is 6.42 Å². The number of rotatable bonds is 6. The number of carboxylic acid groups (broad SMARTS) is 1. The minimum atomic E-state index is -1.04. The Bertz CT molecular complexity index is 937. The van der Waals surface area contributed by atoms with Crippen molar-refractivity contribution in [1.82, 2.24) is 4.98 Å². The lowest BCUT2D eigenvalue weighted by Gasteiger charge is -2.07. The first kappa shape index (κ1) is 17.5. The molecule has 0 aliphatic heterocycles. The van der Waals surface area contributed by atoms with E-state index in [4.69, 9.17) is 17.3 Å². The topological polar surface area (TPSA) is 79.1 Å². The van der Waals surface area contributed by atoms with Crippen molar-refractivity contribution in [2.45, 2.75) is 19.3 Å². The molecule has 0 spiro atoms. The molecule has 1 aromatic heterocycles. The molecule has 4 N–H and O–H groups in total. The van der Waals surface area contributed by atoms with Crippen molar-refractivity contribution in [2.24, 2.45) is 5.73 Å². The summed E-state index contributed by atoms with van der Waals surface area (Å²) < 4.78 is 14.3. The molecule has 0 amide bonds. The zero-order chi connectivity index (χ0) is 18.0. The molecule has 25 heavy (non-hydrogen) atoms. The monoisotopic (exact) mass is 360 g/mol. The van der Waals surface area contributed by atoms with Crippen LogP contribution in [0.5, 0.6) is 0 Å². The van der Waals surface area contributed by atoms with E-state index < -0.39 is 5.97 Å². The SMILES string of the molecule is NCCCCc1c(-c2ccccc2F)[nH]c2c(Cl)ccc(C(=O)O)c12. The number of fused-ring (bicyclic) bond motifs is 1. The van der Waals surface area contributed by atoms with Gasteiger partial charge in [0.25, 0.3) is 0 Å². The highest BCUT2D eigenvalue weighted by atomic mass is 35.5. The van der Waals surface area contributed by atoms with E-state index in [-0.39, 0.29) is 11.4 Å². The maximum absolute atomic E-state index is 14.3. The van der Waals surface area contributed by atoms with Crippen LogP contribution in [0.15, 0.2) is 36.4 Å². The van der Waals surface area contributed by atoms with Gasteiger partial charge in [0.15, 0.2) is 0 Å². The van der Waals surface area contributed by atoms with E-state index in [2.05, 4.69) is 4.98 Å². The lowest BCUT2D eigenvalue weighted by molar-refractivity contribution is 0.0699. The van der Waals surface area contributed by atoms with Gasteiger partial charge in [0.1, 0.15) is 5.82 Å². The number of aromatic nitrogens is 1. The number of nitrogens with two attached hydrogens (primary N) is 1. The molecule has 130 valence electrons. The van der Waals surface area contributed by atoms with Gasteiger partial charge in [0.05, 0.1) is 21.8 Å². The van der Waals surface area contributed by atoms with Crippen LogP contribution in [0.3, 0.4) is 0 Å². The molecule has 0 radical (unpaired) electrons. The molecule has 0 fully saturated rings. The molecule has 0 bridgehead atoms. The van der Waals surface area contributed by atoms with Crippen LogP contribution in [0.4, 0.5) is 4.39 Å². The Morgan fingerprint density at radius 3 is 2.64 bits per heavy atom. The fourth-order valence-corrected chi connectivity index (χ4v) is 3.31. The fourth-order valence-electron chi connectivity index (χ4n) is 3.11. The molecule has 3 aromatic rings. The van der Waals surface area contributed by atoms with Crippen LogP contribution in [0.1, 0.15) is 28.8 Å². The molecule has 2 aromatic carbocycles. The summed E-state index contributed by atoms with van der Waals surface area (Å²) in [6.07, 6.45) is 2.16. The predicted molar refractivity (Wildman–Crippen MR) is 97.7 cm³/mol. The smallest absolute Gasteiger partial charge is 0.336 e. The van der Waals surface area contributed by atoms with Crippen molar-refractivity contribution in [3.8, 4) is 11.3 Å². The van der Waals surface area contributed by atoms with Crippen molar-refractivity contribution in [2.75, 3.05) is 6.54 Å². The molecule has 0 aliphatic carbocycles. The molecule has 0 saturated heterocycles. The van der Waals surface area contributed by atoms with Gasteiger partial charge in [0.2, 0.25) is 0 Å². The summed E-state index contributed by atoms with van der Waals surface area (Å²) >= 11 is 6.27. The molecular weight excluding hydrogens is 343 g/mol. The first-order valence-electron chi connectivity index (χ1n) is 8.06. The number of hydrogen-bond acceptors (Lipinski definition) is 2. The number of nitrogens with one attached hydrogen (secondary N) is 1. The summed E-state index contributed by atoms with van der Waals surface area (Å²) in [5.41, 5.74) is 7.97. The van der Waals surface area contributed by atoms with E-state index in [0.717, 1.165) is 18.4 Å². The minimum absolute atomic E-state index is 0.154. The van der Waals surface area contributed by atoms with Gasteiger partial charge >= 0.3 is 5.97 Å². The average Bonchev–Trinajstić information content (AvgIpc) is 2.96. The van der Waals surface area contributed by atoms with Gasteiger partial charge in [-0.1, -0.05) is 23.7 Å². The van der Waals surface area contributed by atoms with Crippen molar-refractivity contribution in [3.63, 3.8) is 0 Å². The Hall–Kier alpha value is -2.37. The second-order valence-electron chi connectivity index (χ2n) is 5.85. The Balaban J connectivity index is 2.30. The minimum Gasteiger partial charge on any atom is -0.478 e. The Morgan fingerprint density at radius 1 is 1.20 bits per heavy atom. The quantitative estimate of drug-likeness (QED) is 0.562. The molecule has 0 saturated carbocycles. The van der Waals surface area contributed by atoms with E-state index in [0.29, 0.717) is 40.1 Å². The highest BCUT2D eigenvalue weighted by Gasteiger charge is 2.22. The number of benzene rings is 2. The van der Waals surface area contributed by atoms with E-state index >= 15 is 0 Å². The number of carbonyl (C=O) groups is 1. The number of hydrogen-bond donors (Lipinski definition) is 3. The van der Waals surface area contributed by atoms with Gasteiger partial charge in [0, 0.05) is 10.9 Å². The van der Waals surface area contributed by atoms with E-state index in [1.165, 1.54) is 12.1 Å². The van der Waals surface area contributed by atoms with Gasteiger partial charge in [-0.05, 0) is 55.6 Å². The van der Waals surface area contributed by atoms with Gasteiger partial charge in [-0.25, -0.2) is 9.18 Å². The zero-order valence-corrected chi connectivity index (χ0v) is 14.2. The molecule has 6 heteroatoms. The Labute approximate surface area is 149 Å². The molecule has 0 aliphatic rings. The fraction of sp³-hybridized carbons (Fsp3) is 0.211. The van der Waals surface area contributed by atoms with Crippen LogP contribution in [0.2, 0.25) is 5.02 Å². The summed E-state index contributed by atoms with van der Waals surface area (Å²) in [6, 6.07) is 9.43. The van der Waals surface area contributed by atoms with Crippen molar-refractivity contribution in [3.05, 3.63) is 58.4 Å². The molecular formula is C19H18ClFN2O2. The maximum atomic E-state index is 14.3. The van der Waals surface area contributed by atoms with Gasteiger partial charge < -0.3 is 15.8 Å². The van der Waals surface area contributed by atoms with Gasteiger partial charge in [-0.15, -0.1) is 0 Å². The summed E-state index contributed by atoms with van der Waals surface area (Å²) in [5.74, 6) is -1.41. The standard InChI is InChI=1S/C19H18ClFN2O2/c20-14-9-8-13(19(24)25)16-12(6-3-4-10-22)17(23-18(14)16)11-5-1-2-7-15(11)21/h1-2,5,7-9,23H,3-4,6,10,22H2,(H,24,25). The third-order valence-corrected chi connectivity index (χ3v) is 4.58. The maximum Gasteiger partial charge on any atom is 0.336 e. The van der Waals surface area contributed by atoms with Crippen LogP contribution >= 0.6 is 11.6 Å². The van der Waals surface area contributed by atoms with Gasteiger partial charge in [-0.2, -0.15) is 0 Å². The molecule has 4 nitrogen and oxygen atoms in total. The normalized spacial score (nSPS) is 11.2. The third-order valence-electron chi connectivity index (χ3n) is 4.26. The van der Waals surface area contributed by atoms with Crippen LogP contribution in [-0.4, -0.2) is 22.6 Å². The van der Waals surface area contributed by atoms with Crippen LogP contribution in [0.25, 0.3) is 22.2 Å². The summed E-state index contributed by atoms with van der Waals surface area (Å²) in [7, 11) is 0. The number of aromatic amines is 1. The van der Waals surface area contributed by atoms with Crippen molar-refractivity contribution < 1.29 is 14.3 Å². The summed E-state index contributed by atoms with van der Waals surface area (Å²) in [5, 5.41) is 10.5. The Morgan fingerprint density at radius 2 is 1.96 bits per heavy atom. The third kappa shape index (κ3) is 3.25. The van der Waals surface area contributed by atoms with E-state index in [9.17, 15) is 14.3 Å². The Kier molecular flexibility index (Phi) is 5.06. The predicted octanol–water partition coefficient (Wildman–Crippen LogP) is 4.61. The largest absolute Gasteiger partial charge is 0.478 e. The lowest BCUT2D eigenvalue weighted by Crippen LogP contribution is -2.01. The summed E-state index contributed by atoms with van der Waals surface area (Å²) in [4.78, 5) is 14.8. The number of H-pyrrole nitrogens is 1. The summed E-state index contributed by atoms with van der Waals surface area (Å²) in [6.45, 7) is 0.546. The second-order valence-corrected chi connectivity index (χ2v) is 6.26. The average molecular weight is 361 g/mol. The molecule has 1 heterocycles. The van der Waals surface area contributed by atoms with Crippen molar-refractivity contribution >= 4 is 28.5 Å². The van der Waals surface area contributed by atoms with E-state index in [1.807, 2.05) is 0 Å². The molecule has 0 unspecified atom stereocenters. The second kappa shape index (κ2) is 7.25. The highest BCUT2D eigenvalue weighted by Crippen LogP contribution is 2.37. The zero-order valence-electron chi connectivity index (χ0n) is 13.5. The van der Waals surface area contributed by atoms with Crippen molar-refractivity contribution in [1.29, 1.82) is 0 Å². The number of aryl methyl sites for hydroxylation is 1. The number of unbranched alkanes of at least 4 members (excludes halogenated alkanes) is 1. The van der Waals surface area contributed by atoms with Crippen LogP contribution in [0, 0.1) is 5.82 Å². The van der Waals surface area contributed by atoms with Crippen LogP contribution < -0.4 is 5.73 Å². The van der Waals surface area contributed by atoms with E-state index in [1.54, 1.807) is 24.3 Å². The first-order chi connectivity index (χ1) is 12.0. The van der Waals surface area contributed by atoms with Gasteiger partial charge in [-0.3, -0.25) is 0 Å². The molecule has 0 atom stereocenters. The number of halogens is 2. The molecule has 3 rings (SSSR count). The number of aromatic carboxylic acids is 1. The number of carboxylic acids is 1. The lowest BCUT2D eigenvalue weighted by atomic mass is 9.97.